The van der Waals surface area contributed by atoms with Crippen LogP contribution < -0.4 is 11.1 Å². The summed E-state index contributed by atoms with van der Waals surface area (Å²) in [5, 5.41) is 2.81. The Morgan fingerprint density at radius 2 is 2.05 bits per heavy atom. The Balaban J connectivity index is 1.92. The van der Waals surface area contributed by atoms with Crippen molar-refractivity contribution in [3.63, 3.8) is 0 Å². The highest BCUT2D eigenvalue weighted by molar-refractivity contribution is 6.30. The Kier molecular flexibility index (Phi) is 4.58. The van der Waals surface area contributed by atoms with E-state index in [0.717, 1.165) is 11.6 Å². The van der Waals surface area contributed by atoms with Crippen LogP contribution in [0.3, 0.4) is 0 Å². The summed E-state index contributed by atoms with van der Waals surface area (Å²) in [6.07, 6.45) is 0.803. The van der Waals surface area contributed by atoms with Crippen LogP contribution in [0.25, 0.3) is 0 Å². The van der Waals surface area contributed by atoms with Crippen molar-refractivity contribution in [2.75, 3.05) is 11.1 Å². The molecule has 3 N–H and O–H groups in total. The number of hydrogen-bond acceptors (Lipinski definition) is 2. The second-order valence-corrected chi connectivity index (χ2v) is 4.85. The minimum Gasteiger partial charge on any atom is -0.399 e. The zero-order valence-corrected chi connectivity index (χ0v) is 11.5. The quantitative estimate of drug-likeness (QED) is 0.846. The summed E-state index contributed by atoms with van der Waals surface area (Å²) in [5.41, 5.74) is 7.42. The molecule has 0 aliphatic heterocycles. The summed E-state index contributed by atoms with van der Waals surface area (Å²) in [6, 6.07) is 11.5. The number of carbonyl (C=O) groups excluding carboxylic acids is 1. The van der Waals surface area contributed by atoms with Crippen molar-refractivity contribution in [3.8, 4) is 0 Å². The second-order valence-electron chi connectivity index (χ2n) is 4.42. The van der Waals surface area contributed by atoms with Crippen LogP contribution in [0.2, 0.25) is 5.02 Å². The Morgan fingerprint density at radius 3 is 2.75 bits per heavy atom. The van der Waals surface area contributed by atoms with Gasteiger partial charge in [-0.05, 0) is 42.3 Å². The van der Waals surface area contributed by atoms with Crippen LogP contribution >= 0.6 is 11.6 Å². The fourth-order valence-corrected chi connectivity index (χ4v) is 1.97. The maximum Gasteiger partial charge on any atom is 0.224 e. The van der Waals surface area contributed by atoms with Gasteiger partial charge in [0.05, 0.1) is 5.69 Å². The zero-order valence-electron chi connectivity index (χ0n) is 10.7. The fraction of sp³-hybridized carbons (Fsp3) is 0.133. The van der Waals surface area contributed by atoms with Gasteiger partial charge < -0.3 is 11.1 Å². The minimum absolute atomic E-state index is 0.131. The molecule has 0 radical (unpaired) electrons. The number of benzene rings is 2. The molecule has 0 spiro atoms. The number of aryl methyl sites for hydroxylation is 1. The highest BCUT2D eigenvalue weighted by Gasteiger charge is 2.07. The van der Waals surface area contributed by atoms with Gasteiger partial charge in [0.15, 0.2) is 0 Å². The van der Waals surface area contributed by atoms with Crippen LogP contribution in [-0.2, 0) is 11.2 Å². The third-order valence-corrected chi connectivity index (χ3v) is 3.03. The van der Waals surface area contributed by atoms with Gasteiger partial charge in [-0.25, -0.2) is 4.39 Å². The minimum atomic E-state index is -0.546. The molecule has 0 aliphatic carbocycles. The Morgan fingerprint density at radius 1 is 1.25 bits per heavy atom. The molecule has 0 saturated carbocycles. The number of hydrogen-bond donors (Lipinski definition) is 2. The van der Waals surface area contributed by atoms with Crippen LogP contribution in [0.1, 0.15) is 12.0 Å². The van der Waals surface area contributed by atoms with Crippen LogP contribution in [0, 0.1) is 5.82 Å². The molecule has 20 heavy (non-hydrogen) atoms. The molecule has 2 aromatic rings. The molecule has 5 heteroatoms. The second kappa shape index (κ2) is 6.39. The average Bonchev–Trinajstić information content (AvgIpc) is 2.40. The van der Waals surface area contributed by atoms with Crippen molar-refractivity contribution >= 4 is 28.9 Å². The van der Waals surface area contributed by atoms with Crippen molar-refractivity contribution in [1.82, 2.24) is 0 Å². The van der Waals surface area contributed by atoms with E-state index in [9.17, 15) is 9.18 Å². The Bertz CT molecular complexity index is 631. The molecule has 1 amide bonds. The van der Waals surface area contributed by atoms with Gasteiger partial charge in [-0.3, -0.25) is 4.79 Å². The topological polar surface area (TPSA) is 55.1 Å². The summed E-state index contributed by atoms with van der Waals surface area (Å²) < 4.78 is 13.5. The molecule has 0 saturated heterocycles. The van der Waals surface area contributed by atoms with E-state index in [1.165, 1.54) is 12.1 Å². The SMILES string of the molecule is Nc1cccc(CCC(=O)Nc2ccc(Cl)cc2F)c1. The van der Waals surface area contributed by atoms with E-state index >= 15 is 0 Å². The predicted molar refractivity (Wildman–Crippen MR) is 79.2 cm³/mol. The van der Waals surface area contributed by atoms with Crippen molar-refractivity contribution in [2.24, 2.45) is 0 Å². The normalized spacial score (nSPS) is 10.3. The number of carbonyl (C=O) groups is 1. The maximum absolute atomic E-state index is 13.5. The molecule has 0 bridgehead atoms. The number of nitrogens with two attached hydrogens (primary N) is 1. The van der Waals surface area contributed by atoms with Crippen molar-refractivity contribution in [1.29, 1.82) is 0 Å². The van der Waals surface area contributed by atoms with Crippen molar-refractivity contribution in [2.45, 2.75) is 12.8 Å². The maximum atomic E-state index is 13.5. The van der Waals surface area contributed by atoms with E-state index in [2.05, 4.69) is 5.32 Å². The molecule has 0 fully saturated rings. The molecular formula is C15H14ClFN2O. The van der Waals surface area contributed by atoms with Gasteiger partial charge in [0, 0.05) is 17.1 Å². The van der Waals surface area contributed by atoms with Gasteiger partial charge in [0.2, 0.25) is 5.91 Å². The molecule has 2 aromatic carbocycles. The third kappa shape index (κ3) is 3.96. The molecule has 0 heterocycles. The van der Waals surface area contributed by atoms with Gasteiger partial charge in [-0.15, -0.1) is 0 Å². The molecular weight excluding hydrogens is 279 g/mol. The van der Waals surface area contributed by atoms with E-state index < -0.39 is 5.82 Å². The lowest BCUT2D eigenvalue weighted by atomic mass is 10.1. The highest BCUT2D eigenvalue weighted by Crippen LogP contribution is 2.19. The van der Waals surface area contributed by atoms with Gasteiger partial charge in [-0.2, -0.15) is 0 Å². The summed E-state index contributed by atoms with van der Waals surface area (Å²) in [5.74, 6) is -0.802. The van der Waals surface area contributed by atoms with Crippen molar-refractivity contribution < 1.29 is 9.18 Å². The van der Waals surface area contributed by atoms with Gasteiger partial charge in [0.25, 0.3) is 0 Å². The van der Waals surface area contributed by atoms with Gasteiger partial charge in [0.1, 0.15) is 5.82 Å². The summed E-state index contributed by atoms with van der Waals surface area (Å²) in [6.45, 7) is 0. The van der Waals surface area contributed by atoms with E-state index in [4.69, 9.17) is 17.3 Å². The van der Waals surface area contributed by atoms with Crippen molar-refractivity contribution in [3.05, 3.63) is 58.9 Å². The number of rotatable bonds is 4. The first kappa shape index (κ1) is 14.3. The first-order valence-electron chi connectivity index (χ1n) is 6.14. The number of anilines is 2. The lowest BCUT2D eigenvalue weighted by Crippen LogP contribution is -2.13. The van der Waals surface area contributed by atoms with E-state index in [1.54, 1.807) is 6.07 Å². The molecule has 0 aliphatic rings. The third-order valence-electron chi connectivity index (χ3n) is 2.80. The summed E-state index contributed by atoms with van der Waals surface area (Å²) >= 11 is 5.64. The fourth-order valence-electron chi connectivity index (χ4n) is 1.81. The number of nitrogens with one attached hydrogen (secondary N) is 1. The molecule has 104 valence electrons. The number of nitrogen functional groups attached to an aromatic ring is 1. The molecule has 0 aromatic heterocycles. The monoisotopic (exact) mass is 292 g/mol. The lowest BCUT2D eigenvalue weighted by molar-refractivity contribution is -0.116. The zero-order chi connectivity index (χ0) is 14.5. The highest BCUT2D eigenvalue weighted by atomic mass is 35.5. The Hall–Kier alpha value is -2.07. The molecule has 2 rings (SSSR count). The van der Waals surface area contributed by atoms with Crippen LogP contribution in [0.4, 0.5) is 15.8 Å². The summed E-state index contributed by atoms with van der Waals surface area (Å²) in [4.78, 5) is 11.8. The van der Waals surface area contributed by atoms with Crippen LogP contribution in [0.5, 0.6) is 0 Å². The first-order chi connectivity index (χ1) is 9.54. The van der Waals surface area contributed by atoms with Crippen LogP contribution in [-0.4, -0.2) is 5.91 Å². The summed E-state index contributed by atoms with van der Waals surface area (Å²) in [7, 11) is 0. The Labute approximate surface area is 121 Å². The standard InChI is InChI=1S/C15H14ClFN2O/c16-11-5-6-14(13(17)9-11)19-15(20)7-4-10-2-1-3-12(18)8-10/h1-3,5-6,8-9H,4,7,18H2,(H,19,20). The molecule has 0 unspecified atom stereocenters. The lowest BCUT2D eigenvalue weighted by Gasteiger charge is -2.07. The van der Waals surface area contributed by atoms with Gasteiger partial charge >= 0.3 is 0 Å². The largest absolute Gasteiger partial charge is 0.399 e. The van der Waals surface area contributed by atoms with E-state index in [-0.39, 0.29) is 18.0 Å². The number of halogens is 2. The number of amides is 1. The smallest absolute Gasteiger partial charge is 0.224 e. The van der Waals surface area contributed by atoms with Crippen LogP contribution in [0.15, 0.2) is 42.5 Å². The van der Waals surface area contributed by atoms with E-state index in [0.29, 0.717) is 17.1 Å². The molecule has 3 nitrogen and oxygen atoms in total. The van der Waals surface area contributed by atoms with Gasteiger partial charge in [-0.1, -0.05) is 23.7 Å². The molecule has 0 atom stereocenters. The first-order valence-corrected chi connectivity index (χ1v) is 6.52. The van der Waals surface area contributed by atoms with E-state index in [1.807, 2.05) is 18.2 Å². The predicted octanol–water partition coefficient (Wildman–Crippen LogP) is 3.63. The average molecular weight is 293 g/mol.